The molecule has 3 heterocycles. The largest absolute Gasteiger partial charge is 0.338 e. The number of likely N-dealkylation sites (tertiary alicyclic amines) is 1. The van der Waals surface area contributed by atoms with E-state index in [9.17, 15) is 18.8 Å². The number of hydrogen-bond acceptors (Lipinski definition) is 4. The lowest BCUT2D eigenvalue weighted by atomic mass is 9.86. The summed E-state index contributed by atoms with van der Waals surface area (Å²) in [6.45, 7) is 2.37. The Kier molecular flexibility index (Phi) is 4.61. The Hall–Kier alpha value is -2.09. The zero-order valence-electron chi connectivity index (χ0n) is 15.2. The molecule has 3 aliphatic heterocycles. The highest BCUT2D eigenvalue weighted by atomic mass is 32.2. The number of piperidine rings is 1. The number of fused-ring (bicyclic) bond motifs is 2. The van der Waals surface area contributed by atoms with Crippen molar-refractivity contribution in [1.82, 2.24) is 15.1 Å². The zero-order valence-corrected chi connectivity index (χ0v) is 16.0. The number of urea groups is 1. The monoisotopic (exact) mass is 391 g/mol. The first kappa shape index (κ1) is 18.3. The van der Waals surface area contributed by atoms with Crippen LogP contribution >= 0.6 is 11.8 Å². The van der Waals surface area contributed by atoms with Gasteiger partial charge in [-0.05, 0) is 50.8 Å². The van der Waals surface area contributed by atoms with Gasteiger partial charge in [-0.2, -0.15) is 0 Å². The van der Waals surface area contributed by atoms with E-state index in [1.165, 1.54) is 23.9 Å². The van der Waals surface area contributed by atoms with Crippen LogP contribution in [-0.2, 0) is 15.1 Å². The fourth-order valence-corrected chi connectivity index (χ4v) is 5.41. The van der Waals surface area contributed by atoms with E-state index in [4.69, 9.17) is 0 Å². The molecule has 2 fully saturated rings. The Morgan fingerprint density at radius 1 is 1.37 bits per heavy atom. The number of hydrogen-bond donors (Lipinski definition) is 1. The molecule has 4 rings (SSSR count). The highest BCUT2D eigenvalue weighted by Gasteiger charge is 2.55. The molecule has 0 unspecified atom stereocenters. The van der Waals surface area contributed by atoms with Gasteiger partial charge >= 0.3 is 6.03 Å². The van der Waals surface area contributed by atoms with E-state index in [1.807, 2.05) is 6.92 Å². The number of nitrogens with zero attached hydrogens (tertiary/aromatic N) is 2. The summed E-state index contributed by atoms with van der Waals surface area (Å²) >= 11 is 1.54. The van der Waals surface area contributed by atoms with Gasteiger partial charge in [-0.25, -0.2) is 9.18 Å². The molecular weight excluding hydrogens is 369 g/mol. The molecular formula is C19H22FN3O3S. The Labute approximate surface area is 161 Å². The molecule has 0 aromatic heterocycles. The minimum atomic E-state index is -1.27. The van der Waals surface area contributed by atoms with Gasteiger partial charge in [0, 0.05) is 28.8 Å². The lowest BCUT2D eigenvalue weighted by Crippen LogP contribution is -2.49. The lowest BCUT2D eigenvalue weighted by molar-refractivity contribution is -0.141. The van der Waals surface area contributed by atoms with E-state index >= 15 is 0 Å². The van der Waals surface area contributed by atoms with E-state index in [2.05, 4.69) is 5.32 Å². The molecule has 4 amide bonds. The molecule has 3 aliphatic rings. The highest BCUT2D eigenvalue weighted by molar-refractivity contribution is 7.99. The molecule has 2 saturated heterocycles. The summed E-state index contributed by atoms with van der Waals surface area (Å²) < 4.78 is 13.8. The van der Waals surface area contributed by atoms with Crippen LogP contribution in [0.1, 0.15) is 38.2 Å². The van der Waals surface area contributed by atoms with E-state index in [-0.39, 0.29) is 18.5 Å². The van der Waals surface area contributed by atoms with Crippen LogP contribution in [0.3, 0.4) is 0 Å². The maximum Gasteiger partial charge on any atom is 0.325 e. The number of imide groups is 1. The van der Waals surface area contributed by atoms with Gasteiger partial charge in [-0.3, -0.25) is 14.5 Å². The molecule has 0 aliphatic carbocycles. The molecule has 27 heavy (non-hydrogen) atoms. The van der Waals surface area contributed by atoms with Gasteiger partial charge in [-0.15, -0.1) is 11.8 Å². The fraction of sp³-hybridized carbons (Fsp3) is 0.526. The van der Waals surface area contributed by atoms with Crippen LogP contribution in [0.2, 0.25) is 0 Å². The molecule has 0 bridgehead atoms. The molecule has 1 aromatic rings. The second kappa shape index (κ2) is 6.82. The maximum absolute atomic E-state index is 13.8. The minimum Gasteiger partial charge on any atom is -0.338 e. The van der Waals surface area contributed by atoms with Crippen LogP contribution in [-0.4, -0.2) is 52.5 Å². The van der Waals surface area contributed by atoms with Crippen LogP contribution < -0.4 is 5.32 Å². The molecule has 1 spiro atoms. The summed E-state index contributed by atoms with van der Waals surface area (Å²) in [5, 5.41) is 2.76. The summed E-state index contributed by atoms with van der Waals surface area (Å²) in [5.74, 6) is -0.491. The number of nitrogens with one attached hydrogen (secondary N) is 1. The predicted molar refractivity (Wildman–Crippen MR) is 98.7 cm³/mol. The summed E-state index contributed by atoms with van der Waals surface area (Å²) in [6.07, 6.45) is 3.32. The Morgan fingerprint density at radius 3 is 2.96 bits per heavy atom. The Balaban J connectivity index is 1.60. The van der Waals surface area contributed by atoms with Gasteiger partial charge in [0.05, 0.1) is 0 Å². The minimum absolute atomic E-state index is 0.113. The molecule has 1 N–H and O–H groups in total. The first-order valence-electron chi connectivity index (χ1n) is 9.29. The Bertz CT molecular complexity index is 817. The summed E-state index contributed by atoms with van der Waals surface area (Å²) in [5.41, 5.74) is -0.786. The smallest absolute Gasteiger partial charge is 0.325 e. The van der Waals surface area contributed by atoms with Crippen LogP contribution in [0.15, 0.2) is 23.1 Å². The number of amides is 4. The van der Waals surface area contributed by atoms with E-state index in [1.54, 1.807) is 11.0 Å². The molecule has 8 heteroatoms. The van der Waals surface area contributed by atoms with Gasteiger partial charge < -0.3 is 10.2 Å². The van der Waals surface area contributed by atoms with Gasteiger partial charge in [0.2, 0.25) is 5.91 Å². The van der Waals surface area contributed by atoms with Gasteiger partial charge in [0.1, 0.15) is 17.9 Å². The van der Waals surface area contributed by atoms with Crippen molar-refractivity contribution in [3.8, 4) is 0 Å². The van der Waals surface area contributed by atoms with Crippen molar-refractivity contribution < 1.29 is 18.8 Å². The third-order valence-electron chi connectivity index (χ3n) is 5.73. The number of halogens is 1. The maximum atomic E-state index is 13.8. The average molecular weight is 391 g/mol. The first-order valence-corrected chi connectivity index (χ1v) is 10.3. The number of rotatable bonds is 2. The summed E-state index contributed by atoms with van der Waals surface area (Å²) in [6, 6.07) is 3.84. The van der Waals surface area contributed by atoms with Gasteiger partial charge in [-0.1, -0.05) is 0 Å². The van der Waals surface area contributed by atoms with Crippen molar-refractivity contribution in [1.29, 1.82) is 0 Å². The fourth-order valence-electron chi connectivity index (χ4n) is 4.23. The molecule has 2 atom stereocenters. The van der Waals surface area contributed by atoms with Crippen LogP contribution in [0.4, 0.5) is 9.18 Å². The molecule has 6 nitrogen and oxygen atoms in total. The van der Waals surface area contributed by atoms with Crippen molar-refractivity contribution in [2.24, 2.45) is 0 Å². The molecule has 0 radical (unpaired) electrons. The second-order valence-corrected chi connectivity index (χ2v) is 8.53. The van der Waals surface area contributed by atoms with Crippen molar-refractivity contribution in [3.05, 3.63) is 29.6 Å². The quantitative estimate of drug-likeness (QED) is 0.787. The molecule has 1 aromatic carbocycles. The summed E-state index contributed by atoms with van der Waals surface area (Å²) in [4.78, 5) is 42.0. The standard InChI is InChI=1S/C19H22FN3O3S/c1-12-4-2-3-8-22(12)16(24)11-23-17(25)19(21-18(23)26)7-9-27-15-6-5-13(20)10-14(15)19/h5-6,10,12H,2-4,7-9,11H2,1H3,(H,21,26)/t12-,19+/m0/s1. The number of carbonyl (C=O) groups excluding carboxylic acids is 3. The predicted octanol–water partition coefficient (Wildman–Crippen LogP) is 2.47. The second-order valence-electron chi connectivity index (χ2n) is 7.40. The van der Waals surface area contributed by atoms with Crippen molar-refractivity contribution in [2.45, 2.75) is 49.1 Å². The van der Waals surface area contributed by atoms with Crippen LogP contribution in [0.25, 0.3) is 0 Å². The summed E-state index contributed by atoms with van der Waals surface area (Å²) in [7, 11) is 0. The third kappa shape index (κ3) is 2.99. The molecule has 0 saturated carbocycles. The van der Waals surface area contributed by atoms with Crippen molar-refractivity contribution >= 4 is 29.6 Å². The zero-order chi connectivity index (χ0) is 19.2. The molecule has 144 valence electrons. The van der Waals surface area contributed by atoms with E-state index in [0.29, 0.717) is 24.3 Å². The van der Waals surface area contributed by atoms with Gasteiger partial charge in [0.25, 0.3) is 5.91 Å². The first-order chi connectivity index (χ1) is 12.9. The normalized spacial score (nSPS) is 27.7. The van der Waals surface area contributed by atoms with Crippen LogP contribution in [0, 0.1) is 5.82 Å². The Morgan fingerprint density at radius 2 is 2.19 bits per heavy atom. The number of benzene rings is 1. The van der Waals surface area contributed by atoms with Crippen LogP contribution in [0.5, 0.6) is 0 Å². The highest BCUT2D eigenvalue weighted by Crippen LogP contribution is 2.44. The third-order valence-corrected chi connectivity index (χ3v) is 6.80. The van der Waals surface area contributed by atoms with E-state index < -0.39 is 23.3 Å². The lowest BCUT2D eigenvalue weighted by Gasteiger charge is -2.35. The number of thioether (sulfide) groups is 1. The number of carbonyl (C=O) groups is 3. The SMILES string of the molecule is C[C@H]1CCCCN1C(=O)CN1C(=O)N[C@@]2(CCSc3ccc(F)cc32)C1=O. The topological polar surface area (TPSA) is 69.7 Å². The van der Waals surface area contributed by atoms with Gasteiger partial charge in [0.15, 0.2) is 0 Å². The van der Waals surface area contributed by atoms with Crippen molar-refractivity contribution in [3.63, 3.8) is 0 Å². The van der Waals surface area contributed by atoms with Crippen molar-refractivity contribution in [2.75, 3.05) is 18.8 Å². The average Bonchev–Trinajstić information content (AvgIpc) is 2.88. The van der Waals surface area contributed by atoms with E-state index in [0.717, 1.165) is 29.1 Å².